The van der Waals surface area contributed by atoms with E-state index in [9.17, 15) is 0 Å². The molecule has 0 atom stereocenters. The van der Waals surface area contributed by atoms with Crippen LogP contribution in [0.1, 0.15) is 0 Å². The van der Waals surface area contributed by atoms with Gasteiger partial charge in [-0.3, -0.25) is 0 Å². The molecule has 0 spiro atoms. The van der Waals surface area contributed by atoms with E-state index in [0.29, 0.717) is 0 Å². The average molecular weight is 239 g/mol. The molecule has 0 bridgehead atoms. The first-order valence-electron chi connectivity index (χ1n) is 0. The summed E-state index contributed by atoms with van der Waals surface area (Å²) in [6.07, 6.45) is 0. The third-order valence-corrected chi connectivity index (χ3v) is 0. The van der Waals surface area contributed by atoms with Crippen LogP contribution in [0.3, 0.4) is 0 Å². The standard InChI is InChI=1S/Al.4ClH.Cu.3H/h;4*1H;;;;. The van der Waals surface area contributed by atoms with Crippen molar-refractivity contribution in [3.05, 3.63) is 0 Å². The second-order valence-corrected chi connectivity index (χ2v) is 0. The quantitative estimate of drug-likeness (QED) is 0.540. The summed E-state index contributed by atoms with van der Waals surface area (Å²) in [5.74, 6) is 0. The van der Waals surface area contributed by atoms with E-state index in [4.69, 9.17) is 0 Å². The molecular weight excluding hydrogens is 232 g/mol. The van der Waals surface area contributed by atoms with Crippen LogP contribution in [-0.4, -0.2) is 17.4 Å². The van der Waals surface area contributed by atoms with Crippen molar-refractivity contribution in [3.8, 4) is 0 Å². The zero-order chi connectivity index (χ0) is 0. The molecule has 0 amide bonds. The molecule has 1 radical (unpaired) electrons. The average Bonchev–Trinajstić information content (AvgIpc) is 0. The van der Waals surface area contributed by atoms with Crippen molar-refractivity contribution in [3.63, 3.8) is 0 Å². The van der Waals surface area contributed by atoms with Crippen LogP contribution < -0.4 is 0 Å². The van der Waals surface area contributed by atoms with Gasteiger partial charge >= 0.3 is 0 Å². The summed E-state index contributed by atoms with van der Waals surface area (Å²) in [5, 5.41) is 0. The van der Waals surface area contributed by atoms with E-state index < -0.39 is 0 Å². The van der Waals surface area contributed by atoms with Crippen LogP contribution in [0.4, 0.5) is 0 Å². The molecule has 0 nitrogen and oxygen atoms in total. The van der Waals surface area contributed by atoms with Gasteiger partial charge < -0.3 is 0 Å². The Balaban J connectivity index is 0. The molecule has 0 heterocycles. The van der Waals surface area contributed by atoms with E-state index in [1.54, 1.807) is 0 Å². The molecule has 0 aromatic rings. The van der Waals surface area contributed by atoms with Crippen LogP contribution in [0.25, 0.3) is 0 Å². The van der Waals surface area contributed by atoms with Crippen LogP contribution in [0.5, 0.6) is 0 Å². The molecule has 0 unspecified atom stereocenters. The second kappa shape index (κ2) is 56.9. The predicted molar refractivity (Wildman–Crippen MR) is 38.9 cm³/mol. The minimum Gasteiger partial charge on any atom is -0.147 e. The van der Waals surface area contributed by atoms with E-state index in [1.165, 1.54) is 0 Å². The van der Waals surface area contributed by atoms with Crippen molar-refractivity contribution >= 4 is 67.0 Å². The van der Waals surface area contributed by atoms with E-state index >= 15 is 0 Å². The number of rotatable bonds is 0. The van der Waals surface area contributed by atoms with Gasteiger partial charge in [0.2, 0.25) is 0 Å². The van der Waals surface area contributed by atoms with Crippen molar-refractivity contribution in [1.29, 1.82) is 0 Å². The summed E-state index contributed by atoms with van der Waals surface area (Å²) in [6, 6.07) is 0. The monoisotopic (exact) mass is 237 g/mol. The summed E-state index contributed by atoms with van der Waals surface area (Å²) < 4.78 is 0. The Labute approximate surface area is 83.4 Å². The zero-order valence-corrected chi connectivity index (χ0v) is 6.14. The van der Waals surface area contributed by atoms with Gasteiger partial charge in [-0.2, -0.15) is 0 Å². The van der Waals surface area contributed by atoms with Gasteiger partial charge in [0, 0.05) is 17.1 Å². The predicted octanol–water partition coefficient (Wildman–Crippen LogP) is 0.501. The molecule has 6 heavy (non-hydrogen) atoms. The molecule has 0 aliphatic rings. The van der Waals surface area contributed by atoms with Crippen molar-refractivity contribution in [2.75, 3.05) is 0 Å². The molecule has 0 fully saturated rings. The first kappa shape index (κ1) is 87.3. The normalized spacial score (nSPS) is 0. The van der Waals surface area contributed by atoms with E-state index in [0.717, 1.165) is 0 Å². The molecular formula is H7AlCl4Cu. The Hall–Kier alpha value is 2.21. The van der Waals surface area contributed by atoms with Crippen molar-refractivity contribution in [1.82, 2.24) is 0 Å². The summed E-state index contributed by atoms with van der Waals surface area (Å²) in [4.78, 5) is 0. The fourth-order valence-electron chi connectivity index (χ4n) is 0. The number of hydrogen-bond donors (Lipinski definition) is 0. The molecule has 0 N–H and O–H groups in total. The van der Waals surface area contributed by atoms with E-state index in [1.807, 2.05) is 0 Å². The molecule has 0 saturated heterocycles. The SMILES string of the molecule is Cl.Cl.Cl.Cl.[AlH3].[Cu]. The molecule has 0 aliphatic heterocycles. The van der Waals surface area contributed by atoms with Crippen LogP contribution >= 0.6 is 49.6 Å². The van der Waals surface area contributed by atoms with Crippen LogP contribution in [0, 0.1) is 0 Å². The fourth-order valence-corrected chi connectivity index (χ4v) is 0. The minimum atomic E-state index is 0. The van der Waals surface area contributed by atoms with Gasteiger partial charge in [-0.1, -0.05) is 0 Å². The molecule has 0 rings (SSSR count). The van der Waals surface area contributed by atoms with Gasteiger partial charge in [0.15, 0.2) is 17.4 Å². The van der Waals surface area contributed by atoms with Gasteiger partial charge in [0.1, 0.15) is 0 Å². The van der Waals surface area contributed by atoms with Crippen LogP contribution in [-0.2, 0) is 17.1 Å². The Morgan fingerprint density at radius 2 is 0.500 bits per heavy atom. The number of halogens is 4. The zero-order valence-electron chi connectivity index (χ0n) is 1.93. The maximum Gasteiger partial charge on any atom is 0.187 e. The van der Waals surface area contributed by atoms with Crippen molar-refractivity contribution in [2.24, 2.45) is 0 Å². The smallest absolute Gasteiger partial charge is 0.147 e. The first-order valence-corrected chi connectivity index (χ1v) is 0. The summed E-state index contributed by atoms with van der Waals surface area (Å²) in [5.41, 5.74) is 0. The molecule has 0 aliphatic carbocycles. The van der Waals surface area contributed by atoms with E-state index in [-0.39, 0.29) is 84.1 Å². The third-order valence-electron chi connectivity index (χ3n) is 0. The fraction of sp³-hybridized carbons (Fsp3) is 0. The van der Waals surface area contributed by atoms with Gasteiger partial charge in [0.25, 0.3) is 0 Å². The maximum atomic E-state index is 0. The number of hydrogen-bond acceptors (Lipinski definition) is 0. The van der Waals surface area contributed by atoms with Gasteiger partial charge in [-0.15, -0.1) is 49.6 Å². The topological polar surface area (TPSA) is 0 Å². The molecule has 0 aromatic carbocycles. The first-order chi connectivity index (χ1) is 0. The minimum absolute atomic E-state index is 0. The van der Waals surface area contributed by atoms with Crippen LogP contribution in [0.15, 0.2) is 0 Å². The van der Waals surface area contributed by atoms with Crippen LogP contribution in [0.2, 0.25) is 0 Å². The Bertz CT molecular complexity index is 7.51. The second-order valence-electron chi connectivity index (χ2n) is 0. The Morgan fingerprint density at radius 1 is 0.500 bits per heavy atom. The molecule has 0 aromatic heterocycles. The largest absolute Gasteiger partial charge is 0.187 e. The summed E-state index contributed by atoms with van der Waals surface area (Å²) >= 11 is 0. The van der Waals surface area contributed by atoms with Gasteiger partial charge in [-0.05, 0) is 0 Å². The van der Waals surface area contributed by atoms with Crippen molar-refractivity contribution < 1.29 is 17.1 Å². The summed E-state index contributed by atoms with van der Waals surface area (Å²) in [6.45, 7) is 0. The molecule has 0 saturated carbocycles. The maximum absolute atomic E-state index is 0. The van der Waals surface area contributed by atoms with Gasteiger partial charge in [0.05, 0.1) is 0 Å². The van der Waals surface area contributed by atoms with Gasteiger partial charge in [-0.25, -0.2) is 0 Å². The van der Waals surface area contributed by atoms with E-state index in [2.05, 4.69) is 0 Å². The third kappa shape index (κ3) is 34.5. The molecule has 6 heteroatoms. The Kier molecular flexibility index (Phi) is 828. The molecule has 49 valence electrons. The summed E-state index contributed by atoms with van der Waals surface area (Å²) in [7, 11) is 0. The Morgan fingerprint density at radius 3 is 0.500 bits per heavy atom. The van der Waals surface area contributed by atoms with Crippen molar-refractivity contribution in [2.45, 2.75) is 0 Å².